The predicted octanol–water partition coefficient (Wildman–Crippen LogP) is 8.07. The summed E-state index contributed by atoms with van der Waals surface area (Å²) in [5, 5.41) is 0. The Morgan fingerprint density at radius 3 is 1.29 bits per heavy atom. The highest BCUT2D eigenvalue weighted by Gasteiger charge is 2.46. The summed E-state index contributed by atoms with van der Waals surface area (Å²) in [6.07, 6.45) is 13.7. The maximum absolute atomic E-state index is 12.0. The molecule has 0 heterocycles. The molecule has 188 valence electrons. The van der Waals surface area contributed by atoms with Crippen molar-refractivity contribution >= 4 is 23.7 Å². The van der Waals surface area contributed by atoms with E-state index in [1.165, 1.54) is 39.5 Å². The molecule has 0 radical (unpaired) electrons. The molecule has 4 nitrogen and oxygen atoms in total. The molecule has 0 saturated heterocycles. The number of esters is 2. The number of carbonyl (C=O) groups is 2. The van der Waals surface area contributed by atoms with Crippen molar-refractivity contribution in [3.63, 3.8) is 0 Å². The number of benzene rings is 2. The molecular formula is C30H38O4S. The standard InChI is InChI=1S/C30H38O4S/c1-23(31)33-27-17-9-7-15-25(27)29(19-11-3-4-12-20-29)35-30(21-13-5-6-14-22-30)26-16-8-10-18-28(26)34-24(2)32/h7-10,15-18H,3-6,11-14,19-22H2,1-2H3. The largest absolute Gasteiger partial charge is 0.426 e. The van der Waals surface area contributed by atoms with E-state index in [9.17, 15) is 9.59 Å². The Bertz CT molecular complexity index is 933. The highest BCUT2D eigenvalue weighted by molar-refractivity contribution is 8.01. The van der Waals surface area contributed by atoms with Crippen LogP contribution in [0.1, 0.15) is 102 Å². The molecule has 2 aliphatic rings. The van der Waals surface area contributed by atoms with Gasteiger partial charge >= 0.3 is 11.9 Å². The van der Waals surface area contributed by atoms with Crippen molar-refractivity contribution < 1.29 is 19.1 Å². The Kier molecular flexibility index (Phi) is 8.59. The van der Waals surface area contributed by atoms with Crippen molar-refractivity contribution in [3.05, 3.63) is 59.7 Å². The minimum Gasteiger partial charge on any atom is -0.426 e. The van der Waals surface area contributed by atoms with Gasteiger partial charge in [-0.1, -0.05) is 87.8 Å². The molecular weight excluding hydrogens is 456 g/mol. The number of thioether (sulfide) groups is 1. The third kappa shape index (κ3) is 6.11. The average molecular weight is 495 g/mol. The highest BCUT2D eigenvalue weighted by Crippen LogP contribution is 2.61. The van der Waals surface area contributed by atoms with Crippen LogP contribution in [-0.2, 0) is 19.1 Å². The van der Waals surface area contributed by atoms with E-state index in [1.807, 2.05) is 24.3 Å². The minimum absolute atomic E-state index is 0.170. The van der Waals surface area contributed by atoms with Gasteiger partial charge in [0.2, 0.25) is 0 Å². The molecule has 0 aromatic heterocycles. The maximum Gasteiger partial charge on any atom is 0.308 e. The number of para-hydroxylation sites is 2. The zero-order valence-electron chi connectivity index (χ0n) is 21.1. The van der Waals surface area contributed by atoms with E-state index in [2.05, 4.69) is 36.0 Å². The zero-order valence-corrected chi connectivity index (χ0v) is 22.0. The summed E-state index contributed by atoms with van der Waals surface area (Å²) in [7, 11) is 0. The summed E-state index contributed by atoms with van der Waals surface area (Å²) in [5.74, 6) is 0.809. The molecule has 0 amide bonds. The summed E-state index contributed by atoms with van der Waals surface area (Å²) in [6.45, 7) is 2.96. The van der Waals surface area contributed by atoms with E-state index in [0.29, 0.717) is 11.5 Å². The Morgan fingerprint density at radius 1 is 0.600 bits per heavy atom. The molecule has 2 aromatic carbocycles. The quantitative estimate of drug-likeness (QED) is 0.231. The molecule has 4 rings (SSSR count). The van der Waals surface area contributed by atoms with Gasteiger partial charge in [0, 0.05) is 34.5 Å². The van der Waals surface area contributed by atoms with Crippen LogP contribution < -0.4 is 9.47 Å². The van der Waals surface area contributed by atoms with Gasteiger partial charge in [-0.3, -0.25) is 9.59 Å². The van der Waals surface area contributed by atoms with E-state index in [4.69, 9.17) is 9.47 Å². The number of rotatable bonds is 6. The van der Waals surface area contributed by atoms with Crippen molar-refractivity contribution in [2.75, 3.05) is 0 Å². The third-order valence-electron chi connectivity index (χ3n) is 7.48. The second-order valence-corrected chi connectivity index (χ2v) is 11.9. The van der Waals surface area contributed by atoms with Crippen LogP contribution in [0.3, 0.4) is 0 Å². The fraction of sp³-hybridized carbons (Fsp3) is 0.533. The first-order valence-electron chi connectivity index (χ1n) is 13.2. The second kappa shape index (κ2) is 11.6. The first-order chi connectivity index (χ1) is 16.9. The summed E-state index contributed by atoms with van der Waals surface area (Å²) >= 11 is 2.07. The lowest BCUT2D eigenvalue weighted by Gasteiger charge is -2.44. The van der Waals surface area contributed by atoms with E-state index in [1.54, 1.807) is 0 Å². The SMILES string of the molecule is CC(=O)Oc1ccccc1C1(SC2(c3ccccc3OC(C)=O)CCCCCC2)CCCCCC1. The molecule has 0 unspecified atom stereocenters. The summed E-state index contributed by atoms with van der Waals surface area (Å²) < 4.78 is 11.2. The Labute approximate surface area is 214 Å². The summed E-state index contributed by atoms with van der Waals surface area (Å²) in [6, 6.07) is 16.3. The van der Waals surface area contributed by atoms with Crippen LogP contribution in [0.2, 0.25) is 0 Å². The number of hydrogen-bond donors (Lipinski definition) is 0. The van der Waals surface area contributed by atoms with Gasteiger partial charge in [0.05, 0.1) is 0 Å². The molecule has 35 heavy (non-hydrogen) atoms. The lowest BCUT2D eigenvalue weighted by atomic mass is 9.88. The molecule has 0 aliphatic heterocycles. The fourth-order valence-electron chi connectivity index (χ4n) is 6.00. The first-order valence-corrected chi connectivity index (χ1v) is 14.0. The minimum atomic E-state index is -0.282. The van der Waals surface area contributed by atoms with Gasteiger partial charge < -0.3 is 9.47 Å². The van der Waals surface area contributed by atoms with Crippen LogP contribution in [0.15, 0.2) is 48.5 Å². The molecule has 2 saturated carbocycles. The third-order valence-corrected chi connectivity index (χ3v) is 9.51. The van der Waals surface area contributed by atoms with Crippen LogP contribution in [0.4, 0.5) is 0 Å². The summed E-state index contributed by atoms with van der Waals surface area (Å²) in [4.78, 5) is 24.0. The van der Waals surface area contributed by atoms with Crippen molar-refractivity contribution in [3.8, 4) is 11.5 Å². The predicted molar refractivity (Wildman–Crippen MR) is 142 cm³/mol. The Morgan fingerprint density at radius 2 is 0.943 bits per heavy atom. The maximum atomic E-state index is 12.0. The second-order valence-electron chi connectivity index (χ2n) is 10.1. The molecule has 0 bridgehead atoms. The van der Waals surface area contributed by atoms with Gasteiger partial charge in [-0.15, -0.1) is 11.8 Å². The fourth-order valence-corrected chi connectivity index (χ4v) is 8.29. The summed E-state index contributed by atoms with van der Waals surface area (Å²) in [5.41, 5.74) is 2.27. The molecule has 0 spiro atoms. The smallest absolute Gasteiger partial charge is 0.308 e. The van der Waals surface area contributed by atoms with Crippen LogP contribution in [0.5, 0.6) is 11.5 Å². The normalized spacial score (nSPS) is 19.7. The molecule has 0 N–H and O–H groups in total. The monoisotopic (exact) mass is 494 g/mol. The number of ether oxygens (including phenoxy) is 2. The van der Waals surface area contributed by atoms with Gasteiger partial charge in [0.15, 0.2) is 0 Å². The van der Waals surface area contributed by atoms with Crippen LogP contribution in [0, 0.1) is 0 Å². The van der Waals surface area contributed by atoms with E-state index >= 15 is 0 Å². The van der Waals surface area contributed by atoms with Crippen LogP contribution >= 0.6 is 11.8 Å². The van der Waals surface area contributed by atoms with E-state index in [-0.39, 0.29) is 21.4 Å². The topological polar surface area (TPSA) is 52.6 Å². The Balaban J connectivity index is 1.86. The van der Waals surface area contributed by atoms with Crippen LogP contribution in [-0.4, -0.2) is 11.9 Å². The average Bonchev–Trinajstić information content (AvgIpc) is 3.21. The molecule has 2 aromatic rings. The van der Waals surface area contributed by atoms with E-state index < -0.39 is 0 Å². The number of carbonyl (C=O) groups excluding carboxylic acids is 2. The van der Waals surface area contributed by atoms with Gasteiger partial charge in [0.25, 0.3) is 0 Å². The van der Waals surface area contributed by atoms with Gasteiger partial charge in [0.1, 0.15) is 11.5 Å². The van der Waals surface area contributed by atoms with Gasteiger partial charge in [-0.2, -0.15) is 0 Å². The molecule has 0 atom stereocenters. The molecule has 2 fully saturated rings. The van der Waals surface area contributed by atoms with Crippen LogP contribution in [0.25, 0.3) is 0 Å². The van der Waals surface area contributed by atoms with E-state index in [0.717, 1.165) is 62.5 Å². The van der Waals surface area contributed by atoms with Crippen molar-refractivity contribution in [1.29, 1.82) is 0 Å². The highest BCUT2D eigenvalue weighted by atomic mass is 32.2. The number of hydrogen-bond acceptors (Lipinski definition) is 5. The van der Waals surface area contributed by atoms with Crippen molar-refractivity contribution in [1.82, 2.24) is 0 Å². The first kappa shape index (κ1) is 25.8. The zero-order chi connectivity index (χ0) is 24.7. The van der Waals surface area contributed by atoms with Gasteiger partial charge in [-0.05, 0) is 37.8 Å². The Hall–Kier alpha value is -2.27. The molecule has 2 aliphatic carbocycles. The van der Waals surface area contributed by atoms with Crippen molar-refractivity contribution in [2.24, 2.45) is 0 Å². The van der Waals surface area contributed by atoms with Crippen molar-refractivity contribution in [2.45, 2.75) is 100 Å². The molecule has 5 heteroatoms. The van der Waals surface area contributed by atoms with Gasteiger partial charge in [-0.25, -0.2) is 0 Å². The lowest BCUT2D eigenvalue weighted by Crippen LogP contribution is -2.33. The lowest BCUT2D eigenvalue weighted by molar-refractivity contribution is -0.132.